The summed E-state index contributed by atoms with van der Waals surface area (Å²) in [5.74, 6) is 0. The maximum absolute atomic E-state index is 2.62. The molecule has 0 radical (unpaired) electrons. The average molecular weight is 212 g/mol. The fraction of sp³-hybridized carbons (Fsp3) is 1.00. The molecular weight excluding hydrogens is 184 g/mol. The highest BCUT2D eigenvalue weighted by Gasteiger charge is 2.32. The molecule has 0 aliphatic carbocycles. The van der Waals surface area contributed by atoms with Gasteiger partial charge in [-0.2, -0.15) is 0 Å². The molecule has 1 rings (SSSR count). The third-order valence-electron chi connectivity index (χ3n) is 3.63. The summed E-state index contributed by atoms with van der Waals surface area (Å²) in [5.41, 5.74) is 0.381. The molecule has 1 aliphatic rings. The second-order valence-electron chi connectivity index (χ2n) is 6.30. The van der Waals surface area contributed by atoms with E-state index in [1.807, 2.05) is 0 Å². The van der Waals surface area contributed by atoms with Crippen LogP contribution in [0, 0.1) is 5.41 Å². The van der Waals surface area contributed by atoms with E-state index in [4.69, 9.17) is 0 Å². The fourth-order valence-electron chi connectivity index (χ4n) is 2.54. The predicted molar refractivity (Wildman–Crippen MR) is 67.2 cm³/mol. The molecule has 0 unspecified atom stereocenters. The first kappa shape index (κ1) is 13.0. The summed E-state index contributed by atoms with van der Waals surface area (Å²) < 4.78 is 0. The molecule has 90 valence electrons. The molecule has 15 heavy (non-hydrogen) atoms. The van der Waals surface area contributed by atoms with Crippen molar-refractivity contribution in [2.75, 3.05) is 26.7 Å². The van der Waals surface area contributed by atoms with Gasteiger partial charge in [0.2, 0.25) is 0 Å². The Bertz CT molecular complexity index is 193. The molecule has 0 N–H and O–H groups in total. The molecule has 2 heteroatoms. The summed E-state index contributed by atoms with van der Waals surface area (Å²) in [5, 5.41) is 0. The molecule has 0 bridgehead atoms. The zero-order chi connectivity index (χ0) is 11.6. The maximum Gasteiger partial charge on any atom is 0.0268 e. The van der Waals surface area contributed by atoms with Crippen LogP contribution < -0.4 is 0 Å². The van der Waals surface area contributed by atoms with E-state index in [2.05, 4.69) is 51.5 Å². The number of rotatable bonds is 1. The molecule has 1 heterocycles. The monoisotopic (exact) mass is 212 g/mol. The van der Waals surface area contributed by atoms with Crippen molar-refractivity contribution in [2.24, 2.45) is 5.41 Å². The van der Waals surface area contributed by atoms with Gasteiger partial charge >= 0.3 is 0 Å². The molecule has 0 amide bonds. The van der Waals surface area contributed by atoms with Crippen LogP contribution in [0.4, 0.5) is 0 Å². The molecule has 0 spiro atoms. The van der Waals surface area contributed by atoms with Crippen molar-refractivity contribution in [1.82, 2.24) is 9.80 Å². The van der Waals surface area contributed by atoms with E-state index < -0.39 is 0 Å². The standard InChI is InChI=1S/C13H28N2/c1-11(2)15-9-7-8-14(6)12(10-15)13(3,4)5/h11-12H,7-10H2,1-6H3/t12-/m0/s1. The second-order valence-corrected chi connectivity index (χ2v) is 6.30. The normalized spacial score (nSPS) is 27.0. The zero-order valence-corrected chi connectivity index (χ0v) is 11.4. The lowest BCUT2D eigenvalue weighted by atomic mass is 9.85. The molecule has 0 aromatic heterocycles. The van der Waals surface area contributed by atoms with Crippen molar-refractivity contribution in [2.45, 2.75) is 53.1 Å². The number of hydrogen-bond donors (Lipinski definition) is 0. The van der Waals surface area contributed by atoms with E-state index in [1.165, 1.54) is 26.1 Å². The average Bonchev–Trinajstić information content (AvgIpc) is 2.25. The molecule has 1 aliphatic heterocycles. The molecular formula is C13H28N2. The Morgan fingerprint density at radius 3 is 2.20 bits per heavy atom. The maximum atomic E-state index is 2.62. The van der Waals surface area contributed by atoms with Crippen molar-refractivity contribution < 1.29 is 0 Å². The quantitative estimate of drug-likeness (QED) is 0.659. The minimum atomic E-state index is 0.381. The SMILES string of the molecule is CC(C)N1CCCN(C)[C@H](C(C)(C)C)C1. The highest BCUT2D eigenvalue weighted by atomic mass is 15.2. The van der Waals surface area contributed by atoms with Crippen LogP contribution in [0.1, 0.15) is 41.0 Å². The Morgan fingerprint density at radius 2 is 1.73 bits per heavy atom. The third kappa shape index (κ3) is 3.46. The van der Waals surface area contributed by atoms with Gasteiger partial charge in [-0.3, -0.25) is 4.90 Å². The summed E-state index contributed by atoms with van der Waals surface area (Å²) in [6.07, 6.45) is 1.31. The van der Waals surface area contributed by atoms with Crippen LogP contribution >= 0.6 is 0 Å². The number of hydrogen-bond acceptors (Lipinski definition) is 2. The zero-order valence-electron chi connectivity index (χ0n) is 11.4. The molecule has 1 atom stereocenters. The lowest BCUT2D eigenvalue weighted by Gasteiger charge is -2.39. The summed E-state index contributed by atoms with van der Waals surface area (Å²) in [4.78, 5) is 5.17. The van der Waals surface area contributed by atoms with Crippen LogP contribution in [0.2, 0.25) is 0 Å². The largest absolute Gasteiger partial charge is 0.302 e. The topological polar surface area (TPSA) is 6.48 Å². The molecule has 2 nitrogen and oxygen atoms in total. The van der Waals surface area contributed by atoms with Crippen LogP contribution in [0.5, 0.6) is 0 Å². The van der Waals surface area contributed by atoms with Gasteiger partial charge in [0.1, 0.15) is 0 Å². The van der Waals surface area contributed by atoms with Crippen LogP contribution in [0.15, 0.2) is 0 Å². The van der Waals surface area contributed by atoms with Crippen LogP contribution in [0.25, 0.3) is 0 Å². The highest BCUT2D eigenvalue weighted by molar-refractivity contribution is 4.87. The number of likely N-dealkylation sites (N-methyl/N-ethyl adjacent to an activating group) is 1. The van der Waals surface area contributed by atoms with Gasteiger partial charge < -0.3 is 4.90 Å². The van der Waals surface area contributed by atoms with E-state index >= 15 is 0 Å². The van der Waals surface area contributed by atoms with Crippen molar-refractivity contribution in [3.05, 3.63) is 0 Å². The van der Waals surface area contributed by atoms with E-state index in [0.29, 0.717) is 17.5 Å². The van der Waals surface area contributed by atoms with E-state index in [-0.39, 0.29) is 0 Å². The Balaban J connectivity index is 2.74. The Kier molecular flexibility index (Phi) is 4.19. The summed E-state index contributed by atoms with van der Waals surface area (Å²) in [6, 6.07) is 1.36. The molecule has 1 fully saturated rings. The van der Waals surface area contributed by atoms with Gasteiger partial charge in [0.25, 0.3) is 0 Å². The lowest BCUT2D eigenvalue weighted by Crippen LogP contribution is -2.48. The molecule has 0 saturated carbocycles. The number of nitrogens with zero attached hydrogens (tertiary/aromatic N) is 2. The first-order chi connectivity index (χ1) is 6.82. The van der Waals surface area contributed by atoms with Gasteiger partial charge in [-0.15, -0.1) is 0 Å². The second kappa shape index (κ2) is 4.84. The van der Waals surface area contributed by atoms with Crippen molar-refractivity contribution in [3.8, 4) is 0 Å². The van der Waals surface area contributed by atoms with E-state index in [1.54, 1.807) is 0 Å². The lowest BCUT2D eigenvalue weighted by molar-refractivity contribution is 0.0982. The van der Waals surface area contributed by atoms with Gasteiger partial charge in [-0.1, -0.05) is 20.8 Å². The molecule has 0 aromatic rings. The van der Waals surface area contributed by atoms with Crippen LogP contribution in [-0.4, -0.2) is 48.6 Å². The summed E-state index contributed by atoms with van der Waals surface area (Å²) in [7, 11) is 2.28. The smallest absolute Gasteiger partial charge is 0.0268 e. The first-order valence-corrected chi connectivity index (χ1v) is 6.26. The Labute approximate surface area is 95.6 Å². The van der Waals surface area contributed by atoms with Gasteiger partial charge in [-0.25, -0.2) is 0 Å². The molecule has 0 aromatic carbocycles. The third-order valence-corrected chi connectivity index (χ3v) is 3.63. The van der Waals surface area contributed by atoms with Crippen molar-refractivity contribution in [3.63, 3.8) is 0 Å². The summed E-state index contributed by atoms with van der Waals surface area (Å²) >= 11 is 0. The van der Waals surface area contributed by atoms with Gasteiger partial charge in [0, 0.05) is 18.6 Å². The predicted octanol–water partition coefficient (Wildman–Crippen LogP) is 2.45. The first-order valence-electron chi connectivity index (χ1n) is 6.26. The van der Waals surface area contributed by atoms with Crippen molar-refractivity contribution >= 4 is 0 Å². The Morgan fingerprint density at radius 1 is 1.13 bits per heavy atom. The van der Waals surface area contributed by atoms with Crippen molar-refractivity contribution in [1.29, 1.82) is 0 Å². The fourth-order valence-corrected chi connectivity index (χ4v) is 2.54. The minimum Gasteiger partial charge on any atom is -0.302 e. The van der Waals surface area contributed by atoms with Gasteiger partial charge in [0.05, 0.1) is 0 Å². The van der Waals surface area contributed by atoms with E-state index in [0.717, 1.165) is 0 Å². The van der Waals surface area contributed by atoms with Crippen LogP contribution in [0.3, 0.4) is 0 Å². The highest BCUT2D eigenvalue weighted by Crippen LogP contribution is 2.26. The summed E-state index contributed by atoms with van der Waals surface area (Å²) in [6.45, 7) is 15.4. The van der Waals surface area contributed by atoms with Crippen LogP contribution in [-0.2, 0) is 0 Å². The van der Waals surface area contributed by atoms with E-state index in [9.17, 15) is 0 Å². The van der Waals surface area contributed by atoms with Gasteiger partial charge in [-0.05, 0) is 45.8 Å². The van der Waals surface area contributed by atoms with Gasteiger partial charge in [0.15, 0.2) is 0 Å². The Hall–Kier alpha value is -0.0800. The minimum absolute atomic E-state index is 0.381. The molecule has 1 saturated heterocycles.